The molecule has 0 fully saturated rings. The van der Waals surface area contributed by atoms with E-state index >= 15 is 0 Å². The number of aromatic amines is 1. The number of carbonyl (C=O) groups excluding carboxylic acids is 1. The molecule has 0 unspecified atom stereocenters. The number of nitrogens with one attached hydrogen (secondary N) is 1. The van der Waals surface area contributed by atoms with Gasteiger partial charge in [0.15, 0.2) is 0 Å². The summed E-state index contributed by atoms with van der Waals surface area (Å²) in [5.74, 6) is -0.170. The lowest BCUT2D eigenvalue weighted by Crippen LogP contribution is -2.48. The SMILES string of the molecule is CC(=O)[C@@H]1[C@@H](c2ccco2)c2c(n[nH]c2C)C[C@]1(C)O. The molecule has 0 bridgehead atoms. The average molecular weight is 274 g/mol. The van der Waals surface area contributed by atoms with Crippen LogP contribution in [0.5, 0.6) is 0 Å². The largest absolute Gasteiger partial charge is 0.469 e. The van der Waals surface area contributed by atoms with E-state index < -0.39 is 11.5 Å². The second-order valence-corrected chi connectivity index (χ2v) is 5.82. The van der Waals surface area contributed by atoms with Crippen molar-refractivity contribution in [2.45, 2.75) is 38.7 Å². The van der Waals surface area contributed by atoms with Crippen molar-refractivity contribution in [2.24, 2.45) is 5.92 Å². The number of rotatable bonds is 2. The fourth-order valence-corrected chi connectivity index (χ4v) is 3.46. The molecule has 2 heterocycles. The van der Waals surface area contributed by atoms with Crippen LogP contribution in [0.1, 0.15) is 42.5 Å². The molecule has 5 heteroatoms. The van der Waals surface area contributed by atoms with Crippen LogP contribution in [0.25, 0.3) is 0 Å². The van der Waals surface area contributed by atoms with Crippen molar-refractivity contribution >= 4 is 5.78 Å². The van der Waals surface area contributed by atoms with Gasteiger partial charge in [-0.2, -0.15) is 5.10 Å². The van der Waals surface area contributed by atoms with E-state index in [1.807, 2.05) is 13.0 Å². The van der Waals surface area contributed by atoms with Gasteiger partial charge >= 0.3 is 0 Å². The summed E-state index contributed by atoms with van der Waals surface area (Å²) in [5.41, 5.74) is 1.58. The van der Waals surface area contributed by atoms with Crippen LogP contribution in [0.15, 0.2) is 22.8 Å². The van der Waals surface area contributed by atoms with Crippen LogP contribution in [0.4, 0.5) is 0 Å². The van der Waals surface area contributed by atoms with Gasteiger partial charge in [-0.05, 0) is 32.9 Å². The highest BCUT2D eigenvalue weighted by Crippen LogP contribution is 2.46. The third kappa shape index (κ3) is 1.81. The van der Waals surface area contributed by atoms with E-state index in [1.54, 1.807) is 19.3 Å². The van der Waals surface area contributed by atoms with E-state index in [9.17, 15) is 9.90 Å². The Morgan fingerprint density at radius 3 is 2.95 bits per heavy atom. The molecule has 1 aliphatic carbocycles. The summed E-state index contributed by atoms with van der Waals surface area (Å²) in [4.78, 5) is 12.1. The molecule has 0 spiro atoms. The van der Waals surface area contributed by atoms with Crippen molar-refractivity contribution in [3.63, 3.8) is 0 Å². The van der Waals surface area contributed by atoms with Crippen LogP contribution in [-0.4, -0.2) is 26.7 Å². The summed E-state index contributed by atoms with van der Waals surface area (Å²) in [6.07, 6.45) is 1.96. The van der Waals surface area contributed by atoms with Gasteiger partial charge in [0.1, 0.15) is 11.5 Å². The first-order valence-electron chi connectivity index (χ1n) is 6.72. The molecular formula is C15H18N2O3. The van der Waals surface area contributed by atoms with Crippen LogP contribution < -0.4 is 0 Å². The second-order valence-electron chi connectivity index (χ2n) is 5.82. The summed E-state index contributed by atoms with van der Waals surface area (Å²) < 4.78 is 5.52. The molecule has 0 saturated carbocycles. The number of nitrogens with zero attached hydrogens (tertiary/aromatic N) is 1. The molecular weight excluding hydrogens is 256 g/mol. The number of aromatic nitrogens is 2. The molecule has 0 saturated heterocycles. The third-order valence-corrected chi connectivity index (χ3v) is 4.20. The van der Waals surface area contributed by atoms with Gasteiger partial charge in [-0.3, -0.25) is 9.89 Å². The smallest absolute Gasteiger partial charge is 0.136 e. The number of ketones is 1. The van der Waals surface area contributed by atoms with Gasteiger partial charge < -0.3 is 9.52 Å². The van der Waals surface area contributed by atoms with E-state index in [4.69, 9.17) is 4.42 Å². The van der Waals surface area contributed by atoms with E-state index in [1.165, 1.54) is 6.92 Å². The first-order valence-corrected chi connectivity index (χ1v) is 6.72. The van der Waals surface area contributed by atoms with Gasteiger partial charge in [0.2, 0.25) is 0 Å². The summed E-state index contributed by atoms with van der Waals surface area (Å²) in [7, 11) is 0. The van der Waals surface area contributed by atoms with Crippen LogP contribution in [0.2, 0.25) is 0 Å². The molecule has 2 N–H and O–H groups in total. The molecule has 2 aromatic heterocycles. The van der Waals surface area contributed by atoms with Crippen LogP contribution >= 0.6 is 0 Å². The van der Waals surface area contributed by atoms with E-state index in [-0.39, 0.29) is 11.7 Å². The molecule has 0 aliphatic heterocycles. The van der Waals surface area contributed by atoms with Gasteiger partial charge in [0.25, 0.3) is 0 Å². The molecule has 3 atom stereocenters. The van der Waals surface area contributed by atoms with Crippen molar-refractivity contribution in [1.82, 2.24) is 10.2 Å². The molecule has 0 amide bonds. The number of carbonyl (C=O) groups is 1. The summed E-state index contributed by atoms with van der Waals surface area (Å²) >= 11 is 0. The lowest BCUT2D eigenvalue weighted by Gasteiger charge is -2.40. The fraction of sp³-hybridized carbons (Fsp3) is 0.467. The van der Waals surface area contributed by atoms with Gasteiger partial charge in [0, 0.05) is 17.7 Å². The van der Waals surface area contributed by atoms with Crippen LogP contribution in [0, 0.1) is 12.8 Å². The Hall–Kier alpha value is -1.88. The molecule has 2 aromatic rings. The Labute approximate surface area is 117 Å². The number of aliphatic hydroxyl groups is 1. The zero-order valence-corrected chi connectivity index (χ0v) is 11.8. The number of fused-ring (bicyclic) bond motifs is 1. The van der Waals surface area contributed by atoms with E-state index in [0.717, 1.165) is 17.0 Å². The number of H-pyrrole nitrogens is 1. The molecule has 1 aliphatic rings. The second kappa shape index (κ2) is 4.31. The monoisotopic (exact) mass is 274 g/mol. The van der Waals surface area contributed by atoms with Crippen molar-refractivity contribution in [3.05, 3.63) is 41.1 Å². The van der Waals surface area contributed by atoms with Crippen molar-refractivity contribution in [2.75, 3.05) is 0 Å². The number of Topliss-reactive ketones (excluding diaryl/α,β-unsaturated/α-hetero) is 1. The minimum atomic E-state index is -1.13. The topological polar surface area (TPSA) is 79.1 Å². The molecule has 5 nitrogen and oxygen atoms in total. The predicted octanol–water partition coefficient (Wildman–Crippen LogP) is 1.96. The molecule has 0 aromatic carbocycles. The van der Waals surface area contributed by atoms with Gasteiger partial charge in [0.05, 0.1) is 29.4 Å². The first kappa shape index (κ1) is 13.1. The van der Waals surface area contributed by atoms with Crippen molar-refractivity contribution < 1.29 is 14.3 Å². The molecule has 0 radical (unpaired) electrons. The minimum Gasteiger partial charge on any atom is -0.469 e. The zero-order chi connectivity index (χ0) is 14.5. The quantitative estimate of drug-likeness (QED) is 0.877. The Balaban J connectivity index is 2.23. The summed E-state index contributed by atoms with van der Waals surface area (Å²) in [5, 5.41) is 17.9. The van der Waals surface area contributed by atoms with Gasteiger partial charge in [-0.25, -0.2) is 0 Å². The predicted molar refractivity (Wildman–Crippen MR) is 72.4 cm³/mol. The summed E-state index contributed by atoms with van der Waals surface area (Å²) in [6.45, 7) is 5.15. The lowest BCUT2D eigenvalue weighted by atomic mass is 9.66. The maximum Gasteiger partial charge on any atom is 0.136 e. The number of hydrogen-bond donors (Lipinski definition) is 2. The fourth-order valence-electron chi connectivity index (χ4n) is 3.46. The Morgan fingerprint density at radius 1 is 1.60 bits per heavy atom. The maximum atomic E-state index is 12.1. The Bertz CT molecular complexity index is 640. The molecule has 106 valence electrons. The van der Waals surface area contributed by atoms with E-state index in [0.29, 0.717) is 12.2 Å². The first-order chi connectivity index (χ1) is 9.42. The Morgan fingerprint density at radius 2 is 2.35 bits per heavy atom. The van der Waals surface area contributed by atoms with Crippen molar-refractivity contribution in [3.8, 4) is 0 Å². The van der Waals surface area contributed by atoms with Crippen LogP contribution in [0.3, 0.4) is 0 Å². The minimum absolute atomic E-state index is 0.0392. The summed E-state index contributed by atoms with van der Waals surface area (Å²) in [6, 6.07) is 3.64. The standard InChI is InChI=1S/C15H18N2O3/c1-8-12-10(17-16-8)7-15(3,19)14(9(2)18)13(12)11-5-4-6-20-11/h4-6,13-14,19H,7H2,1-3H3,(H,16,17)/t13-,14+,15-/m0/s1. The highest BCUT2D eigenvalue weighted by atomic mass is 16.3. The highest BCUT2D eigenvalue weighted by molar-refractivity contribution is 5.82. The number of hydrogen-bond acceptors (Lipinski definition) is 4. The lowest BCUT2D eigenvalue weighted by molar-refractivity contribution is -0.131. The van der Waals surface area contributed by atoms with Gasteiger partial charge in [-0.1, -0.05) is 0 Å². The number of aryl methyl sites for hydroxylation is 1. The van der Waals surface area contributed by atoms with Crippen molar-refractivity contribution in [1.29, 1.82) is 0 Å². The van der Waals surface area contributed by atoms with Gasteiger partial charge in [-0.15, -0.1) is 0 Å². The van der Waals surface area contributed by atoms with E-state index in [2.05, 4.69) is 10.2 Å². The Kier molecular flexibility index (Phi) is 2.83. The molecule has 3 rings (SSSR count). The van der Waals surface area contributed by atoms with Crippen LogP contribution in [-0.2, 0) is 11.2 Å². The normalized spacial score (nSPS) is 29.2. The number of furan rings is 1. The average Bonchev–Trinajstić information content (AvgIpc) is 2.96. The molecule has 20 heavy (non-hydrogen) atoms. The maximum absolute atomic E-state index is 12.1. The zero-order valence-electron chi connectivity index (χ0n) is 11.8. The highest BCUT2D eigenvalue weighted by Gasteiger charge is 2.49. The third-order valence-electron chi connectivity index (χ3n) is 4.20.